The van der Waals surface area contributed by atoms with E-state index < -0.39 is 0 Å². The Hall–Kier alpha value is -0.340. The van der Waals surface area contributed by atoms with Crippen LogP contribution >= 0.6 is 15.9 Å². The lowest BCUT2D eigenvalue weighted by Gasteiger charge is -2.18. The van der Waals surface area contributed by atoms with Crippen molar-refractivity contribution in [1.82, 2.24) is 5.32 Å². The lowest BCUT2D eigenvalue weighted by atomic mass is 9.92. The SMILES string of the molecule is CCNCC(CCCC(C)C)Cc1ccc(Br)cc1. The average Bonchev–Trinajstić information content (AvgIpc) is 2.38. The molecule has 19 heavy (non-hydrogen) atoms. The largest absolute Gasteiger partial charge is 0.317 e. The molecule has 0 aliphatic carbocycles. The van der Waals surface area contributed by atoms with Crippen molar-refractivity contribution in [3.63, 3.8) is 0 Å². The van der Waals surface area contributed by atoms with Gasteiger partial charge in [0.1, 0.15) is 0 Å². The van der Waals surface area contributed by atoms with E-state index in [-0.39, 0.29) is 0 Å². The van der Waals surface area contributed by atoms with Gasteiger partial charge in [-0.15, -0.1) is 0 Å². The van der Waals surface area contributed by atoms with E-state index in [0.717, 1.165) is 24.9 Å². The van der Waals surface area contributed by atoms with E-state index in [2.05, 4.69) is 66.3 Å². The summed E-state index contributed by atoms with van der Waals surface area (Å²) >= 11 is 3.50. The number of nitrogens with one attached hydrogen (secondary N) is 1. The molecule has 1 aromatic rings. The van der Waals surface area contributed by atoms with Gasteiger partial charge in [-0.1, -0.05) is 61.7 Å². The van der Waals surface area contributed by atoms with Crippen molar-refractivity contribution in [2.75, 3.05) is 13.1 Å². The smallest absolute Gasteiger partial charge is 0.0175 e. The molecule has 1 rings (SSSR count). The van der Waals surface area contributed by atoms with Gasteiger partial charge < -0.3 is 5.32 Å². The maximum Gasteiger partial charge on any atom is 0.0175 e. The first kappa shape index (κ1) is 16.7. The van der Waals surface area contributed by atoms with E-state index in [1.54, 1.807) is 0 Å². The summed E-state index contributed by atoms with van der Waals surface area (Å²) in [7, 11) is 0. The van der Waals surface area contributed by atoms with Crippen molar-refractivity contribution in [3.05, 3.63) is 34.3 Å². The molecule has 0 saturated heterocycles. The second kappa shape index (κ2) is 9.55. The van der Waals surface area contributed by atoms with Crippen LogP contribution in [-0.2, 0) is 6.42 Å². The summed E-state index contributed by atoms with van der Waals surface area (Å²) in [6.45, 7) is 9.03. The van der Waals surface area contributed by atoms with Crippen LogP contribution in [0.5, 0.6) is 0 Å². The average molecular weight is 326 g/mol. The lowest BCUT2D eigenvalue weighted by Crippen LogP contribution is -2.24. The van der Waals surface area contributed by atoms with E-state index in [1.165, 1.54) is 35.7 Å². The fraction of sp³-hybridized carbons (Fsp3) is 0.647. The fourth-order valence-electron chi connectivity index (χ4n) is 2.39. The number of rotatable bonds is 9. The predicted molar refractivity (Wildman–Crippen MR) is 88.6 cm³/mol. The van der Waals surface area contributed by atoms with Gasteiger partial charge in [0.2, 0.25) is 0 Å². The van der Waals surface area contributed by atoms with Gasteiger partial charge in [0, 0.05) is 4.47 Å². The Morgan fingerprint density at radius 3 is 2.37 bits per heavy atom. The van der Waals surface area contributed by atoms with Gasteiger partial charge in [-0.05, 0) is 55.5 Å². The first-order valence-corrected chi connectivity index (χ1v) is 8.36. The Morgan fingerprint density at radius 1 is 1.11 bits per heavy atom. The molecule has 0 saturated carbocycles. The molecule has 0 spiro atoms. The second-order valence-corrected chi connectivity index (χ2v) is 6.74. The third-order valence-electron chi connectivity index (χ3n) is 3.51. The highest BCUT2D eigenvalue weighted by molar-refractivity contribution is 9.10. The highest BCUT2D eigenvalue weighted by Crippen LogP contribution is 2.18. The normalized spacial score (nSPS) is 12.9. The molecule has 1 nitrogen and oxygen atoms in total. The number of hydrogen-bond acceptors (Lipinski definition) is 1. The minimum absolute atomic E-state index is 0.764. The van der Waals surface area contributed by atoms with Gasteiger partial charge in [-0.2, -0.15) is 0 Å². The summed E-state index contributed by atoms with van der Waals surface area (Å²) < 4.78 is 1.17. The first-order chi connectivity index (χ1) is 9.11. The van der Waals surface area contributed by atoms with Gasteiger partial charge in [-0.3, -0.25) is 0 Å². The van der Waals surface area contributed by atoms with Crippen molar-refractivity contribution in [2.45, 2.75) is 46.5 Å². The number of benzene rings is 1. The van der Waals surface area contributed by atoms with Gasteiger partial charge in [-0.25, -0.2) is 0 Å². The van der Waals surface area contributed by atoms with Crippen LogP contribution in [-0.4, -0.2) is 13.1 Å². The monoisotopic (exact) mass is 325 g/mol. The zero-order valence-electron chi connectivity index (χ0n) is 12.6. The molecule has 1 atom stereocenters. The van der Waals surface area contributed by atoms with E-state index in [4.69, 9.17) is 0 Å². The Bertz CT molecular complexity index is 332. The molecule has 1 unspecified atom stereocenters. The Balaban J connectivity index is 2.45. The standard InChI is InChI=1S/C17H28BrN/c1-4-19-13-16(7-5-6-14(2)3)12-15-8-10-17(18)11-9-15/h8-11,14,16,19H,4-7,12-13H2,1-3H3. The molecule has 0 fully saturated rings. The lowest BCUT2D eigenvalue weighted by molar-refractivity contribution is 0.410. The van der Waals surface area contributed by atoms with Gasteiger partial charge in [0.25, 0.3) is 0 Å². The van der Waals surface area contributed by atoms with Crippen molar-refractivity contribution in [3.8, 4) is 0 Å². The molecular formula is C17H28BrN. The zero-order valence-corrected chi connectivity index (χ0v) is 14.2. The highest BCUT2D eigenvalue weighted by Gasteiger charge is 2.09. The van der Waals surface area contributed by atoms with Gasteiger partial charge >= 0.3 is 0 Å². The number of hydrogen-bond donors (Lipinski definition) is 1. The third kappa shape index (κ3) is 7.74. The van der Waals surface area contributed by atoms with Crippen LogP contribution in [0.2, 0.25) is 0 Å². The second-order valence-electron chi connectivity index (χ2n) is 5.83. The van der Waals surface area contributed by atoms with Crippen LogP contribution in [0, 0.1) is 11.8 Å². The molecule has 0 aliphatic heterocycles. The van der Waals surface area contributed by atoms with Crippen LogP contribution in [0.4, 0.5) is 0 Å². The van der Waals surface area contributed by atoms with Crippen molar-refractivity contribution in [2.24, 2.45) is 11.8 Å². The van der Waals surface area contributed by atoms with Crippen LogP contribution in [0.1, 0.15) is 45.6 Å². The molecule has 0 bridgehead atoms. The Labute approximate surface area is 127 Å². The summed E-state index contributed by atoms with van der Waals surface area (Å²) in [6.07, 6.45) is 5.23. The van der Waals surface area contributed by atoms with Crippen LogP contribution in [0.3, 0.4) is 0 Å². The molecule has 2 heteroatoms. The fourth-order valence-corrected chi connectivity index (χ4v) is 2.66. The predicted octanol–water partition coefficient (Wildman–Crippen LogP) is 5.04. The molecule has 0 aliphatic rings. The summed E-state index contributed by atoms with van der Waals surface area (Å²) in [5.41, 5.74) is 1.45. The van der Waals surface area contributed by atoms with E-state index >= 15 is 0 Å². The molecule has 1 aromatic carbocycles. The molecule has 0 radical (unpaired) electrons. The van der Waals surface area contributed by atoms with Crippen molar-refractivity contribution < 1.29 is 0 Å². The highest BCUT2D eigenvalue weighted by atomic mass is 79.9. The maximum atomic E-state index is 3.51. The molecule has 108 valence electrons. The molecular weight excluding hydrogens is 298 g/mol. The minimum Gasteiger partial charge on any atom is -0.317 e. The van der Waals surface area contributed by atoms with E-state index in [1.807, 2.05) is 0 Å². The quantitative estimate of drug-likeness (QED) is 0.670. The van der Waals surface area contributed by atoms with Crippen LogP contribution < -0.4 is 5.32 Å². The first-order valence-electron chi connectivity index (χ1n) is 7.57. The topological polar surface area (TPSA) is 12.0 Å². The van der Waals surface area contributed by atoms with Gasteiger partial charge in [0.15, 0.2) is 0 Å². The van der Waals surface area contributed by atoms with E-state index in [0.29, 0.717) is 0 Å². The van der Waals surface area contributed by atoms with E-state index in [9.17, 15) is 0 Å². The third-order valence-corrected chi connectivity index (χ3v) is 4.04. The Morgan fingerprint density at radius 2 is 1.79 bits per heavy atom. The van der Waals surface area contributed by atoms with Crippen LogP contribution in [0.25, 0.3) is 0 Å². The number of halogens is 1. The Kier molecular flexibility index (Phi) is 8.40. The van der Waals surface area contributed by atoms with Crippen molar-refractivity contribution in [1.29, 1.82) is 0 Å². The van der Waals surface area contributed by atoms with Crippen LogP contribution in [0.15, 0.2) is 28.7 Å². The summed E-state index contributed by atoms with van der Waals surface area (Å²) in [6, 6.07) is 8.78. The summed E-state index contributed by atoms with van der Waals surface area (Å²) in [5, 5.41) is 3.51. The van der Waals surface area contributed by atoms with Crippen molar-refractivity contribution >= 4 is 15.9 Å². The minimum atomic E-state index is 0.764. The zero-order chi connectivity index (χ0) is 14.1. The summed E-state index contributed by atoms with van der Waals surface area (Å²) in [4.78, 5) is 0. The molecule has 0 aromatic heterocycles. The van der Waals surface area contributed by atoms with Gasteiger partial charge in [0.05, 0.1) is 0 Å². The molecule has 0 heterocycles. The maximum absolute atomic E-state index is 3.51. The molecule has 0 amide bonds. The summed E-state index contributed by atoms with van der Waals surface area (Å²) in [5.74, 6) is 1.59. The molecule has 1 N–H and O–H groups in total.